The molecule has 2 aromatic rings. The Hall–Kier alpha value is -0.740. The minimum Gasteiger partial charge on any atom is -0.264 e. The number of hydrogen-bond donors (Lipinski definition) is 0. The maximum atomic E-state index is 4.17. The van der Waals surface area contributed by atoms with Gasteiger partial charge in [-0.25, -0.2) is 4.98 Å². The second-order valence-electron chi connectivity index (χ2n) is 2.74. The van der Waals surface area contributed by atoms with Gasteiger partial charge in [-0.05, 0) is 55.6 Å². The van der Waals surface area contributed by atoms with E-state index >= 15 is 0 Å². The van der Waals surface area contributed by atoms with E-state index in [4.69, 9.17) is 0 Å². The highest BCUT2D eigenvalue weighted by molar-refractivity contribution is 9.11. The maximum absolute atomic E-state index is 4.17. The quantitative estimate of drug-likeness (QED) is 0.751. The summed E-state index contributed by atoms with van der Waals surface area (Å²) < 4.78 is 1.62. The zero-order valence-corrected chi connectivity index (χ0v) is 10.3. The molecule has 2 aromatic heterocycles. The van der Waals surface area contributed by atoms with E-state index in [9.17, 15) is 0 Å². The average Bonchev–Trinajstić information content (AvgIpc) is 2.18. The molecule has 70 valence electrons. The van der Waals surface area contributed by atoms with Crippen molar-refractivity contribution >= 4 is 31.9 Å². The first-order chi connectivity index (χ1) is 6.75. The Balaban J connectivity index is 2.52. The van der Waals surface area contributed by atoms with Gasteiger partial charge in [-0.15, -0.1) is 0 Å². The molecule has 0 atom stereocenters. The summed E-state index contributed by atoms with van der Waals surface area (Å²) in [5.74, 6) is 0. The van der Waals surface area contributed by atoms with Crippen LogP contribution in [0.2, 0.25) is 0 Å². The summed E-state index contributed by atoms with van der Waals surface area (Å²) >= 11 is 6.70. The van der Waals surface area contributed by atoms with E-state index in [1.54, 1.807) is 6.20 Å². The fourth-order valence-corrected chi connectivity index (χ4v) is 2.28. The first-order valence-electron chi connectivity index (χ1n) is 3.99. The molecule has 2 nitrogen and oxygen atoms in total. The predicted molar refractivity (Wildman–Crippen MR) is 62.9 cm³/mol. The smallest absolute Gasteiger partial charge is 0.108 e. The fraction of sp³-hybridized carbons (Fsp3) is 0. The van der Waals surface area contributed by atoms with Crippen LogP contribution in [0.5, 0.6) is 0 Å². The Kier molecular flexibility index (Phi) is 2.93. The summed E-state index contributed by atoms with van der Waals surface area (Å²) in [6.45, 7) is 0. The summed E-state index contributed by atoms with van der Waals surface area (Å²) in [5.41, 5.74) is 2.17. The molecule has 0 aromatic carbocycles. The lowest BCUT2D eigenvalue weighted by molar-refractivity contribution is 1.23. The average molecular weight is 314 g/mol. The van der Waals surface area contributed by atoms with Crippen LogP contribution >= 0.6 is 31.9 Å². The Morgan fingerprint density at radius 1 is 1.00 bits per heavy atom. The first kappa shape index (κ1) is 9.80. The van der Waals surface area contributed by atoms with E-state index in [0.717, 1.165) is 20.3 Å². The van der Waals surface area contributed by atoms with Crippen LogP contribution in [-0.4, -0.2) is 9.97 Å². The molecule has 0 amide bonds. The van der Waals surface area contributed by atoms with Crippen molar-refractivity contribution in [3.05, 3.63) is 45.9 Å². The van der Waals surface area contributed by atoms with Crippen molar-refractivity contribution in [3.8, 4) is 11.1 Å². The molecule has 0 saturated carbocycles. The van der Waals surface area contributed by atoms with Gasteiger partial charge in [0.1, 0.15) is 9.21 Å². The molecule has 0 spiro atoms. The third kappa shape index (κ3) is 2.19. The molecule has 0 N–H and O–H groups in total. The minimum absolute atomic E-state index is 0.811. The second-order valence-corrected chi connectivity index (χ2v) is 4.37. The molecule has 0 aliphatic carbocycles. The van der Waals surface area contributed by atoms with Crippen molar-refractivity contribution < 1.29 is 0 Å². The number of aromatic nitrogens is 2. The standard InChI is InChI=1S/C10H6Br2N2/c11-9-4-8(5-10(12)14-9)7-2-1-3-13-6-7/h1-6H. The van der Waals surface area contributed by atoms with Crippen molar-refractivity contribution in [1.82, 2.24) is 9.97 Å². The number of pyridine rings is 2. The lowest BCUT2D eigenvalue weighted by atomic mass is 10.1. The van der Waals surface area contributed by atoms with Gasteiger partial charge in [-0.1, -0.05) is 6.07 Å². The van der Waals surface area contributed by atoms with Gasteiger partial charge >= 0.3 is 0 Å². The first-order valence-corrected chi connectivity index (χ1v) is 5.58. The van der Waals surface area contributed by atoms with E-state index < -0.39 is 0 Å². The van der Waals surface area contributed by atoms with Crippen LogP contribution in [-0.2, 0) is 0 Å². The molecular weight excluding hydrogens is 308 g/mol. The Bertz CT molecular complexity index is 423. The summed E-state index contributed by atoms with van der Waals surface area (Å²) in [6.07, 6.45) is 3.59. The van der Waals surface area contributed by atoms with E-state index in [1.807, 2.05) is 30.5 Å². The van der Waals surface area contributed by atoms with Crippen molar-refractivity contribution in [1.29, 1.82) is 0 Å². The van der Waals surface area contributed by atoms with Gasteiger partial charge in [0.15, 0.2) is 0 Å². The minimum atomic E-state index is 0.811. The van der Waals surface area contributed by atoms with Crippen molar-refractivity contribution in [2.45, 2.75) is 0 Å². The number of nitrogens with zero attached hydrogens (tertiary/aromatic N) is 2. The van der Waals surface area contributed by atoms with Crippen LogP contribution in [0.4, 0.5) is 0 Å². The van der Waals surface area contributed by atoms with Gasteiger partial charge in [0, 0.05) is 18.0 Å². The molecule has 0 unspecified atom stereocenters. The summed E-state index contributed by atoms with van der Waals surface area (Å²) in [6, 6.07) is 7.85. The largest absolute Gasteiger partial charge is 0.264 e. The maximum Gasteiger partial charge on any atom is 0.108 e. The van der Waals surface area contributed by atoms with E-state index in [1.165, 1.54) is 0 Å². The second kappa shape index (κ2) is 4.19. The Morgan fingerprint density at radius 3 is 2.29 bits per heavy atom. The van der Waals surface area contributed by atoms with Crippen LogP contribution in [0.25, 0.3) is 11.1 Å². The Labute approximate surface area is 98.7 Å². The van der Waals surface area contributed by atoms with Gasteiger partial charge in [-0.3, -0.25) is 4.98 Å². The molecule has 14 heavy (non-hydrogen) atoms. The topological polar surface area (TPSA) is 25.8 Å². The van der Waals surface area contributed by atoms with Gasteiger partial charge < -0.3 is 0 Å². The SMILES string of the molecule is Brc1cc(-c2cccnc2)cc(Br)n1. The van der Waals surface area contributed by atoms with Crippen LogP contribution < -0.4 is 0 Å². The van der Waals surface area contributed by atoms with E-state index in [0.29, 0.717) is 0 Å². The van der Waals surface area contributed by atoms with Crippen molar-refractivity contribution in [2.75, 3.05) is 0 Å². The number of rotatable bonds is 1. The van der Waals surface area contributed by atoms with Crippen LogP contribution in [0.15, 0.2) is 45.9 Å². The summed E-state index contributed by atoms with van der Waals surface area (Å²) in [7, 11) is 0. The van der Waals surface area contributed by atoms with Crippen LogP contribution in [0.1, 0.15) is 0 Å². The van der Waals surface area contributed by atoms with Gasteiger partial charge in [0.05, 0.1) is 0 Å². The number of hydrogen-bond acceptors (Lipinski definition) is 2. The lowest BCUT2D eigenvalue weighted by Gasteiger charge is -2.01. The third-order valence-corrected chi connectivity index (χ3v) is 2.57. The summed E-state index contributed by atoms with van der Waals surface area (Å²) in [5, 5.41) is 0. The van der Waals surface area contributed by atoms with Gasteiger partial charge in [0.2, 0.25) is 0 Å². The Morgan fingerprint density at radius 2 is 1.71 bits per heavy atom. The lowest BCUT2D eigenvalue weighted by Crippen LogP contribution is -1.83. The molecule has 0 bridgehead atoms. The molecular formula is C10H6Br2N2. The molecule has 0 aliphatic heterocycles. The molecule has 0 saturated heterocycles. The molecule has 2 heterocycles. The highest BCUT2D eigenvalue weighted by atomic mass is 79.9. The van der Waals surface area contributed by atoms with Crippen LogP contribution in [0.3, 0.4) is 0 Å². The van der Waals surface area contributed by atoms with Gasteiger partial charge in [-0.2, -0.15) is 0 Å². The van der Waals surface area contributed by atoms with Crippen LogP contribution in [0, 0.1) is 0 Å². The molecule has 2 rings (SSSR count). The number of halogens is 2. The molecule has 0 aliphatic rings. The zero-order valence-electron chi connectivity index (χ0n) is 7.11. The molecule has 4 heteroatoms. The fourth-order valence-electron chi connectivity index (χ4n) is 1.17. The highest BCUT2D eigenvalue weighted by Crippen LogP contribution is 2.24. The zero-order chi connectivity index (χ0) is 9.97. The molecule has 0 fully saturated rings. The third-order valence-electron chi connectivity index (χ3n) is 1.76. The van der Waals surface area contributed by atoms with E-state index in [-0.39, 0.29) is 0 Å². The van der Waals surface area contributed by atoms with Gasteiger partial charge in [0.25, 0.3) is 0 Å². The summed E-state index contributed by atoms with van der Waals surface area (Å²) in [4.78, 5) is 8.24. The monoisotopic (exact) mass is 312 g/mol. The molecule has 0 radical (unpaired) electrons. The highest BCUT2D eigenvalue weighted by Gasteiger charge is 2.01. The predicted octanol–water partition coefficient (Wildman–Crippen LogP) is 3.67. The van der Waals surface area contributed by atoms with Crippen molar-refractivity contribution in [2.24, 2.45) is 0 Å². The van der Waals surface area contributed by atoms with Crippen molar-refractivity contribution in [3.63, 3.8) is 0 Å². The normalized spacial score (nSPS) is 10.1. The van der Waals surface area contributed by atoms with E-state index in [2.05, 4.69) is 41.8 Å².